The molecule has 1 heterocycles. The van der Waals surface area contributed by atoms with Crippen LogP contribution in [0.1, 0.15) is 11.1 Å². The van der Waals surface area contributed by atoms with Crippen LogP contribution in [-0.4, -0.2) is 38.4 Å². The molecule has 110 valence electrons. The van der Waals surface area contributed by atoms with E-state index in [0.717, 1.165) is 11.3 Å². The molecule has 2 aromatic rings. The molecule has 0 aliphatic carbocycles. The monoisotopic (exact) mass is 303 g/mol. The molecule has 21 heavy (non-hydrogen) atoms. The summed E-state index contributed by atoms with van der Waals surface area (Å²) in [4.78, 5) is 11.6. The van der Waals surface area contributed by atoms with Gasteiger partial charge >= 0.3 is 0 Å². The molecule has 0 fully saturated rings. The molecule has 1 aromatic carbocycles. The van der Waals surface area contributed by atoms with E-state index in [-0.39, 0.29) is 11.7 Å². The van der Waals surface area contributed by atoms with E-state index in [1.165, 1.54) is 17.3 Å². The van der Waals surface area contributed by atoms with Crippen LogP contribution in [0.3, 0.4) is 0 Å². The fourth-order valence-corrected chi connectivity index (χ4v) is 2.47. The van der Waals surface area contributed by atoms with Crippen LogP contribution in [0, 0.1) is 13.8 Å². The van der Waals surface area contributed by atoms with Crippen LogP contribution in [0.25, 0.3) is 5.69 Å². The van der Waals surface area contributed by atoms with Gasteiger partial charge in [0.25, 0.3) is 0 Å². The van der Waals surface area contributed by atoms with Gasteiger partial charge in [0.2, 0.25) is 11.1 Å². The predicted molar refractivity (Wildman–Crippen MR) is 82.6 cm³/mol. The summed E-state index contributed by atoms with van der Waals surface area (Å²) in [5.41, 5.74) is 3.21. The molecule has 0 unspecified atom stereocenters. The summed E-state index contributed by atoms with van der Waals surface area (Å²) in [7, 11) is 0. The molecular weight excluding hydrogens is 286 g/mol. The van der Waals surface area contributed by atoms with E-state index >= 15 is 0 Å². The highest BCUT2D eigenvalue weighted by Crippen LogP contribution is 2.22. The number of nitrogens with one attached hydrogen (secondary N) is 1. The van der Waals surface area contributed by atoms with Gasteiger partial charge in [-0.25, -0.2) is 0 Å². The van der Waals surface area contributed by atoms with Crippen LogP contribution < -0.4 is 5.32 Å². The number of aryl methyl sites for hydroxylation is 1. The van der Waals surface area contributed by atoms with Gasteiger partial charge in [-0.15, -0.1) is 11.7 Å². The number of hydrogen-bond donors (Lipinski definition) is 1. The molecule has 1 N–H and O–H groups in total. The summed E-state index contributed by atoms with van der Waals surface area (Å²) in [6.45, 7) is 8.08. The normalized spacial score (nSPS) is 10.4. The third-order valence-electron chi connectivity index (χ3n) is 3.02. The number of rotatable bonds is 6. The molecular formula is C14H17N5OS. The van der Waals surface area contributed by atoms with E-state index in [0.29, 0.717) is 11.7 Å². The van der Waals surface area contributed by atoms with E-state index in [2.05, 4.69) is 27.4 Å². The zero-order valence-electron chi connectivity index (χ0n) is 12.0. The first kappa shape index (κ1) is 15.2. The minimum absolute atomic E-state index is 0.0737. The van der Waals surface area contributed by atoms with Gasteiger partial charge in [0.15, 0.2) is 0 Å². The van der Waals surface area contributed by atoms with Gasteiger partial charge in [0.05, 0.1) is 11.4 Å². The molecule has 0 aliphatic heterocycles. The molecule has 6 nitrogen and oxygen atoms in total. The fourth-order valence-electron chi connectivity index (χ4n) is 1.75. The predicted octanol–water partition coefficient (Wildman–Crippen LogP) is 1.67. The van der Waals surface area contributed by atoms with Crippen LogP contribution in [0.2, 0.25) is 0 Å². The van der Waals surface area contributed by atoms with Gasteiger partial charge in [-0.2, -0.15) is 4.68 Å². The highest BCUT2D eigenvalue weighted by molar-refractivity contribution is 7.99. The molecule has 0 bridgehead atoms. The molecule has 1 aromatic heterocycles. The van der Waals surface area contributed by atoms with E-state index in [1.54, 1.807) is 10.8 Å². The topological polar surface area (TPSA) is 72.7 Å². The quantitative estimate of drug-likeness (QED) is 0.649. The Kier molecular flexibility index (Phi) is 5.10. The standard InChI is InChI=1S/C14H17N5OS/c1-4-8-15-13(20)9-21-14-16-17-18-19(14)12-7-5-6-10(2)11(12)3/h4-7H,1,8-9H2,2-3H3,(H,15,20). The highest BCUT2D eigenvalue weighted by atomic mass is 32.2. The van der Waals surface area contributed by atoms with Crippen LogP contribution in [0.15, 0.2) is 36.0 Å². The van der Waals surface area contributed by atoms with Gasteiger partial charge in [-0.1, -0.05) is 30.0 Å². The fraction of sp³-hybridized carbons (Fsp3) is 0.286. The van der Waals surface area contributed by atoms with Crippen molar-refractivity contribution in [3.8, 4) is 5.69 Å². The van der Waals surface area contributed by atoms with Crippen molar-refractivity contribution in [1.29, 1.82) is 0 Å². The first-order chi connectivity index (χ1) is 10.1. The number of hydrogen-bond acceptors (Lipinski definition) is 5. The van der Waals surface area contributed by atoms with Crippen molar-refractivity contribution in [3.63, 3.8) is 0 Å². The van der Waals surface area contributed by atoms with Gasteiger partial charge in [0.1, 0.15) is 0 Å². The molecule has 7 heteroatoms. The van der Waals surface area contributed by atoms with Crippen LogP contribution in [0.5, 0.6) is 0 Å². The van der Waals surface area contributed by atoms with Crippen molar-refractivity contribution in [2.45, 2.75) is 19.0 Å². The Morgan fingerprint density at radius 1 is 1.48 bits per heavy atom. The SMILES string of the molecule is C=CCNC(=O)CSc1nnnn1-c1cccc(C)c1C. The van der Waals surface area contributed by atoms with Gasteiger partial charge in [-0.05, 0) is 41.5 Å². The van der Waals surface area contributed by atoms with Gasteiger partial charge in [-0.3, -0.25) is 4.79 Å². The summed E-state index contributed by atoms with van der Waals surface area (Å²) < 4.78 is 1.66. The Bertz CT molecular complexity index is 653. The maximum atomic E-state index is 11.6. The molecule has 1 amide bonds. The number of nitrogens with zero attached hydrogens (tertiary/aromatic N) is 4. The van der Waals surface area contributed by atoms with Crippen molar-refractivity contribution in [2.75, 3.05) is 12.3 Å². The summed E-state index contributed by atoms with van der Waals surface area (Å²) in [5, 5.41) is 15.0. The zero-order valence-corrected chi connectivity index (χ0v) is 12.9. The lowest BCUT2D eigenvalue weighted by Gasteiger charge is -2.09. The Balaban J connectivity index is 2.14. The molecule has 0 saturated heterocycles. The number of aromatic nitrogens is 4. The van der Waals surface area contributed by atoms with Crippen molar-refractivity contribution >= 4 is 17.7 Å². The average Bonchev–Trinajstić information content (AvgIpc) is 2.94. The summed E-state index contributed by atoms with van der Waals surface area (Å²) in [6.07, 6.45) is 1.64. The molecule has 0 aliphatic rings. The van der Waals surface area contributed by atoms with E-state index < -0.39 is 0 Å². The summed E-state index contributed by atoms with van der Waals surface area (Å²) in [5.74, 6) is 0.189. The van der Waals surface area contributed by atoms with E-state index in [9.17, 15) is 4.79 Å². The van der Waals surface area contributed by atoms with Crippen LogP contribution >= 0.6 is 11.8 Å². The lowest BCUT2D eigenvalue weighted by Crippen LogP contribution is -2.25. The van der Waals surface area contributed by atoms with Gasteiger partial charge < -0.3 is 5.32 Å². The number of benzene rings is 1. The molecule has 0 radical (unpaired) electrons. The van der Waals surface area contributed by atoms with Gasteiger partial charge in [0, 0.05) is 6.54 Å². The number of amides is 1. The largest absolute Gasteiger partial charge is 0.352 e. The number of tetrazole rings is 1. The molecule has 0 saturated carbocycles. The van der Waals surface area contributed by atoms with Crippen LogP contribution in [0.4, 0.5) is 0 Å². The van der Waals surface area contributed by atoms with Crippen molar-refractivity contribution < 1.29 is 4.79 Å². The Morgan fingerprint density at radius 2 is 2.29 bits per heavy atom. The minimum Gasteiger partial charge on any atom is -0.352 e. The lowest BCUT2D eigenvalue weighted by molar-refractivity contribution is -0.118. The zero-order chi connectivity index (χ0) is 15.2. The third kappa shape index (κ3) is 3.69. The Hall–Kier alpha value is -2.15. The first-order valence-corrected chi connectivity index (χ1v) is 7.47. The number of carbonyl (C=O) groups excluding carboxylic acids is 1. The van der Waals surface area contributed by atoms with E-state index in [4.69, 9.17) is 0 Å². The second-order valence-electron chi connectivity index (χ2n) is 4.47. The average molecular weight is 303 g/mol. The molecule has 0 spiro atoms. The van der Waals surface area contributed by atoms with Crippen molar-refractivity contribution in [1.82, 2.24) is 25.5 Å². The lowest BCUT2D eigenvalue weighted by atomic mass is 10.1. The maximum Gasteiger partial charge on any atom is 0.230 e. The Labute approximate surface area is 127 Å². The first-order valence-electron chi connectivity index (χ1n) is 6.49. The maximum absolute atomic E-state index is 11.6. The number of thioether (sulfide) groups is 1. The highest BCUT2D eigenvalue weighted by Gasteiger charge is 2.13. The summed E-state index contributed by atoms with van der Waals surface area (Å²) >= 11 is 1.30. The van der Waals surface area contributed by atoms with E-state index in [1.807, 2.05) is 32.0 Å². The smallest absolute Gasteiger partial charge is 0.230 e. The Morgan fingerprint density at radius 3 is 3.05 bits per heavy atom. The van der Waals surface area contributed by atoms with Crippen molar-refractivity contribution in [3.05, 3.63) is 42.0 Å². The third-order valence-corrected chi connectivity index (χ3v) is 3.94. The number of carbonyl (C=O) groups is 1. The second kappa shape index (κ2) is 7.03. The minimum atomic E-state index is -0.0737. The second-order valence-corrected chi connectivity index (χ2v) is 5.42. The molecule has 0 atom stereocenters. The molecule has 2 rings (SSSR count). The summed E-state index contributed by atoms with van der Waals surface area (Å²) in [6, 6.07) is 5.96. The van der Waals surface area contributed by atoms with Crippen molar-refractivity contribution in [2.24, 2.45) is 0 Å². The van der Waals surface area contributed by atoms with Crippen LogP contribution in [-0.2, 0) is 4.79 Å².